The minimum atomic E-state index is -0.0820. The second-order valence-electron chi connectivity index (χ2n) is 4.16. The first kappa shape index (κ1) is 15.0. The first-order valence-corrected chi connectivity index (χ1v) is 6.69. The molecule has 1 aromatic carbocycles. The van der Waals surface area contributed by atoms with Crippen molar-refractivity contribution in [3.05, 3.63) is 34.9 Å². The number of benzene rings is 1. The van der Waals surface area contributed by atoms with Crippen LogP contribution in [0.1, 0.15) is 31.7 Å². The summed E-state index contributed by atoms with van der Waals surface area (Å²) in [5.41, 5.74) is 1.03. The van der Waals surface area contributed by atoms with Crippen LogP contribution in [-0.4, -0.2) is 19.1 Å². The molecule has 0 aliphatic carbocycles. The van der Waals surface area contributed by atoms with Gasteiger partial charge in [0.15, 0.2) is 0 Å². The number of hydrogen-bond acceptors (Lipinski definition) is 2. The lowest BCUT2D eigenvalue weighted by molar-refractivity contribution is -0.125. The van der Waals surface area contributed by atoms with E-state index in [1.165, 1.54) is 0 Å². The molecule has 0 bridgehead atoms. The first-order chi connectivity index (χ1) is 8.72. The van der Waals surface area contributed by atoms with Crippen LogP contribution in [0.4, 0.5) is 0 Å². The molecule has 0 saturated heterocycles. The number of carbonyl (C=O) groups excluding carboxylic acids is 1. The Labute approximate surface area is 113 Å². The molecule has 1 rings (SSSR count). The zero-order valence-corrected chi connectivity index (χ0v) is 11.5. The van der Waals surface area contributed by atoms with Gasteiger partial charge in [0, 0.05) is 18.2 Å². The molecule has 18 heavy (non-hydrogen) atoms. The molecule has 0 atom stereocenters. The monoisotopic (exact) mass is 269 g/mol. The second kappa shape index (κ2) is 8.95. The Morgan fingerprint density at radius 2 is 2.00 bits per heavy atom. The van der Waals surface area contributed by atoms with E-state index in [1.807, 2.05) is 24.3 Å². The highest BCUT2D eigenvalue weighted by Crippen LogP contribution is 2.08. The smallest absolute Gasteiger partial charge is 0.246 e. The van der Waals surface area contributed by atoms with Gasteiger partial charge in [-0.05, 0) is 24.1 Å². The Hall–Kier alpha value is -1.06. The van der Waals surface area contributed by atoms with Gasteiger partial charge in [-0.3, -0.25) is 4.79 Å². The molecule has 0 fully saturated rings. The number of hydrogen-bond donors (Lipinski definition) is 1. The molecule has 0 aliphatic heterocycles. The number of carbonyl (C=O) groups is 1. The molecule has 4 heteroatoms. The molecule has 1 N–H and O–H groups in total. The number of amides is 1. The summed E-state index contributed by atoms with van der Waals surface area (Å²) in [4.78, 5) is 11.5. The van der Waals surface area contributed by atoms with Crippen molar-refractivity contribution in [1.82, 2.24) is 5.32 Å². The van der Waals surface area contributed by atoms with Crippen LogP contribution < -0.4 is 5.32 Å². The minimum absolute atomic E-state index is 0.0820. The SMILES string of the molecule is CCCCCOCC(=O)NCc1ccc(Cl)cc1. The number of rotatable bonds is 8. The van der Waals surface area contributed by atoms with Gasteiger partial charge < -0.3 is 10.1 Å². The van der Waals surface area contributed by atoms with Crippen LogP contribution in [0.25, 0.3) is 0 Å². The van der Waals surface area contributed by atoms with Gasteiger partial charge in [-0.25, -0.2) is 0 Å². The molecule has 0 radical (unpaired) electrons. The second-order valence-corrected chi connectivity index (χ2v) is 4.60. The zero-order chi connectivity index (χ0) is 13.2. The largest absolute Gasteiger partial charge is 0.372 e. The lowest BCUT2D eigenvalue weighted by atomic mass is 10.2. The fraction of sp³-hybridized carbons (Fsp3) is 0.500. The van der Waals surface area contributed by atoms with Crippen molar-refractivity contribution >= 4 is 17.5 Å². The van der Waals surface area contributed by atoms with Crippen LogP contribution in [0.15, 0.2) is 24.3 Å². The minimum Gasteiger partial charge on any atom is -0.372 e. The first-order valence-electron chi connectivity index (χ1n) is 6.31. The third-order valence-corrected chi connectivity index (χ3v) is 2.78. The van der Waals surface area contributed by atoms with Crippen LogP contribution in [0.3, 0.4) is 0 Å². The van der Waals surface area contributed by atoms with Crippen molar-refractivity contribution in [1.29, 1.82) is 0 Å². The molecule has 100 valence electrons. The molecule has 3 nitrogen and oxygen atoms in total. The highest BCUT2D eigenvalue weighted by molar-refractivity contribution is 6.30. The molecule has 1 aromatic rings. The van der Waals surface area contributed by atoms with Crippen LogP contribution in [0.2, 0.25) is 5.02 Å². The molecule has 0 spiro atoms. The maximum Gasteiger partial charge on any atom is 0.246 e. The lowest BCUT2D eigenvalue weighted by Gasteiger charge is -2.06. The zero-order valence-electron chi connectivity index (χ0n) is 10.7. The molecular formula is C14H20ClNO2. The van der Waals surface area contributed by atoms with Crippen molar-refractivity contribution in [2.24, 2.45) is 0 Å². The summed E-state index contributed by atoms with van der Waals surface area (Å²) in [6.45, 7) is 3.44. The molecule has 0 heterocycles. The Morgan fingerprint density at radius 1 is 1.28 bits per heavy atom. The standard InChI is InChI=1S/C14H20ClNO2/c1-2-3-4-9-18-11-14(17)16-10-12-5-7-13(15)8-6-12/h5-8H,2-4,9-11H2,1H3,(H,16,17). The molecule has 1 amide bonds. The van der Waals surface area contributed by atoms with Gasteiger partial charge in [0.05, 0.1) is 0 Å². The lowest BCUT2D eigenvalue weighted by Crippen LogP contribution is -2.27. The van der Waals surface area contributed by atoms with Crippen molar-refractivity contribution < 1.29 is 9.53 Å². The molecule has 0 aliphatic rings. The Bertz CT molecular complexity index is 351. The third kappa shape index (κ3) is 6.62. The summed E-state index contributed by atoms with van der Waals surface area (Å²) in [6, 6.07) is 7.41. The van der Waals surface area contributed by atoms with Gasteiger partial charge in [0.1, 0.15) is 6.61 Å². The van der Waals surface area contributed by atoms with Crippen molar-refractivity contribution in [2.75, 3.05) is 13.2 Å². The van der Waals surface area contributed by atoms with Gasteiger partial charge in [0.25, 0.3) is 0 Å². The average Bonchev–Trinajstić information content (AvgIpc) is 2.38. The molecular weight excluding hydrogens is 250 g/mol. The van der Waals surface area contributed by atoms with Crippen molar-refractivity contribution in [3.63, 3.8) is 0 Å². The number of ether oxygens (including phenoxy) is 1. The maximum absolute atomic E-state index is 11.5. The van der Waals surface area contributed by atoms with Crippen LogP contribution in [0, 0.1) is 0 Å². The van der Waals surface area contributed by atoms with E-state index in [2.05, 4.69) is 12.2 Å². The molecule has 0 unspecified atom stereocenters. The van der Waals surface area contributed by atoms with Gasteiger partial charge in [0.2, 0.25) is 5.91 Å². The quantitative estimate of drug-likeness (QED) is 0.736. The number of nitrogens with one attached hydrogen (secondary N) is 1. The molecule has 0 saturated carbocycles. The maximum atomic E-state index is 11.5. The van der Waals surface area contributed by atoms with Crippen molar-refractivity contribution in [3.8, 4) is 0 Å². The van der Waals surface area contributed by atoms with Crippen LogP contribution in [0.5, 0.6) is 0 Å². The van der Waals surface area contributed by atoms with E-state index in [0.717, 1.165) is 24.8 Å². The van der Waals surface area contributed by atoms with E-state index in [9.17, 15) is 4.79 Å². The third-order valence-electron chi connectivity index (χ3n) is 2.53. The topological polar surface area (TPSA) is 38.3 Å². The predicted octanol–water partition coefficient (Wildman–Crippen LogP) is 3.16. The summed E-state index contributed by atoms with van der Waals surface area (Å²) < 4.78 is 5.27. The van der Waals surface area contributed by atoms with E-state index < -0.39 is 0 Å². The highest BCUT2D eigenvalue weighted by atomic mass is 35.5. The van der Waals surface area contributed by atoms with E-state index in [-0.39, 0.29) is 12.5 Å². The summed E-state index contributed by atoms with van der Waals surface area (Å²) in [6.07, 6.45) is 3.32. The number of unbranched alkanes of at least 4 members (excludes halogenated alkanes) is 2. The van der Waals surface area contributed by atoms with Crippen LogP contribution in [-0.2, 0) is 16.1 Å². The molecule has 0 aromatic heterocycles. The number of halogens is 1. The van der Waals surface area contributed by atoms with E-state index in [1.54, 1.807) is 0 Å². The normalized spacial score (nSPS) is 10.3. The van der Waals surface area contributed by atoms with Gasteiger partial charge >= 0.3 is 0 Å². The van der Waals surface area contributed by atoms with Gasteiger partial charge in [-0.1, -0.05) is 43.5 Å². The fourth-order valence-corrected chi connectivity index (χ4v) is 1.60. The predicted molar refractivity (Wildman–Crippen MR) is 73.6 cm³/mol. The Kier molecular flexibility index (Phi) is 7.46. The highest BCUT2D eigenvalue weighted by Gasteiger charge is 2.01. The Balaban J connectivity index is 2.11. The summed E-state index contributed by atoms with van der Waals surface area (Å²) in [5.74, 6) is -0.0820. The van der Waals surface area contributed by atoms with Gasteiger partial charge in [-0.15, -0.1) is 0 Å². The van der Waals surface area contributed by atoms with E-state index >= 15 is 0 Å². The van der Waals surface area contributed by atoms with Crippen molar-refractivity contribution in [2.45, 2.75) is 32.7 Å². The summed E-state index contributed by atoms with van der Waals surface area (Å²) >= 11 is 5.78. The summed E-state index contributed by atoms with van der Waals surface area (Å²) in [5, 5.41) is 3.50. The Morgan fingerprint density at radius 3 is 2.67 bits per heavy atom. The summed E-state index contributed by atoms with van der Waals surface area (Å²) in [7, 11) is 0. The average molecular weight is 270 g/mol. The fourth-order valence-electron chi connectivity index (χ4n) is 1.47. The van der Waals surface area contributed by atoms with Gasteiger partial charge in [-0.2, -0.15) is 0 Å². The van der Waals surface area contributed by atoms with E-state index in [4.69, 9.17) is 16.3 Å². The van der Waals surface area contributed by atoms with Crippen LogP contribution >= 0.6 is 11.6 Å². The van der Waals surface area contributed by atoms with E-state index in [0.29, 0.717) is 18.2 Å².